The minimum Gasteiger partial charge on any atom is -0.306 e. The fraction of sp³-hybridized carbons (Fsp3) is 0.0833. The third-order valence-electron chi connectivity index (χ3n) is 2.54. The van der Waals surface area contributed by atoms with Crippen molar-refractivity contribution in [3.8, 4) is 0 Å². The van der Waals surface area contributed by atoms with Crippen molar-refractivity contribution in [2.24, 2.45) is 0 Å². The molecule has 0 bridgehead atoms. The third kappa shape index (κ3) is 2.89. The maximum atomic E-state index is 12.2. The molecule has 0 atom stereocenters. The van der Waals surface area contributed by atoms with Gasteiger partial charge in [0, 0.05) is 12.3 Å². The number of anilines is 1. The number of amides is 1. The molecule has 0 aliphatic rings. The van der Waals surface area contributed by atoms with Crippen LogP contribution in [-0.4, -0.2) is 20.8 Å². The first-order valence-corrected chi connectivity index (χ1v) is 5.90. The Hall–Kier alpha value is -2.54. The zero-order valence-corrected chi connectivity index (χ0v) is 11.1. The Bertz CT molecular complexity index is 690. The van der Waals surface area contributed by atoms with Gasteiger partial charge in [-0.1, -0.05) is 12.1 Å². The second-order valence-corrected chi connectivity index (χ2v) is 4.23. The smallest absolute Gasteiger partial charge is 0.282 e. The number of benzene rings is 1. The van der Waals surface area contributed by atoms with Gasteiger partial charge in [0.25, 0.3) is 11.6 Å². The van der Waals surface area contributed by atoms with E-state index in [1.807, 2.05) is 0 Å². The molecule has 7 nitrogen and oxygen atoms in total. The molecule has 0 aliphatic carbocycles. The Morgan fingerprint density at radius 3 is 2.80 bits per heavy atom. The summed E-state index contributed by atoms with van der Waals surface area (Å²) in [4.78, 5) is 30.0. The molecule has 102 valence electrons. The highest BCUT2D eigenvalue weighted by atomic mass is 35.5. The number of nitro groups is 1. The normalized spacial score (nSPS) is 10.1. The molecular formula is C12H9ClN4O3. The van der Waals surface area contributed by atoms with E-state index in [-0.39, 0.29) is 22.4 Å². The van der Waals surface area contributed by atoms with Crippen molar-refractivity contribution in [3.05, 3.63) is 57.0 Å². The first-order chi connectivity index (χ1) is 9.49. The lowest BCUT2D eigenvalue weighted by Gasteiger charge is -2.07. The maximum Gasteiger partial charge on any atom is 0.282 e. The summed E-state index contributed by atoms with van der Waals surface area (Å²) in [6, 6.07) is 5.85. The van der Waals surface area contributed by atoms with Crippen LogP contribution in [-0.2, 0) is 0 Å². The van der Waals surface area contributed by atoms with E-state index in [0.29, 0.717) is 5.56 Å². The molecule has 0 saturated heterocycles. The number of nitro benzene ring substituents is 1. The number of carbonyl (C=O) groups is 1. The number of nitrogens with zero attached hydrogens (tertiary/aromatic N) is 3. The number of carbonyl (C=O) groups excluding carboxylic acids is 1. The van der Waals surface area contributed by atoms with Crippen LogP contribution in [0.1, 0.15) is 15.9 Å². The summed E-state index contributed by atoms with van der Waals surface area (Å²) in [5.41, 5.74) is 0.228. The van der Waals surface area contributed by atoms with Crippen molar-refractivity contribution in [2.45, 2.75) is 6.92 Å². The SMILES string of the molecule is Cc1cccc([N+](=O)[O-])c1C(=O)Nc1ccnc(Cl)n1. The van der Waals surface area contributed by atoms with E-state index in [0.717, 1.165) is 0 Å². The summed E-state index contributed by atoms with van der Waals surface area (Å²) in [5, 5.41) is 13.4. The monoisotopic (exact) mass is 292 g/mol. The van der Waals surface area contributed by atoms with Crippen LogP contribution in [0.25, 0.3) is 0 Å². The second-order valence-electron chi connectivity index (χ2n) is 3.89. The fourth-order valence-electron chi connectivity index (χ4n) is 1.68. The average molecular weight is 293 g/mol. The molecule has 2 aromatic rings. The van der Waals surface area contributed by atoms with Crippen LogP contribution < -0.4 is 5.32 Å². The van der Waals surface area contributed by atoms with E-state index in [9.17, 15) is 14.9 Å². The van der Waals surface area contributed by atoms with Gasteiger partial charge < -0.3 is 5.32 Å². The molecule has 0 fully saturated rings. The lowest BCUT2D eigenvalue weighted by molar-refractivity contribution is -0.385. The Morgan fingerprint density at radius 1 is 1.40 bits per heavy atom. The van der Waals surface area contributed by atoms with Gasteiger partial charge in [-0.15, -0.1) is 0 Å². The van der Waals surface area contributed by atoms with Crippen LogP contribution in [0.3, 0.4) is 0 Å². The zero-order chi connectivity index (χ0) is 14.7. The lowest BCUT2D eigenvalue weighted by atomic mass is 10.1. The largest absolute Gasteiger partial charge is 0.306 e. The third-order valence-corrected chi connectivity index (χ3v) is 2.72. The van der Waals surface area contributed by atoms with E-state index >= 15 is 0 Å². The predicted octanol–water partition coefficient (Wildman–Crippen LogP) is 2.60. The second kappa shape index (κ2) is 5.62. The van der Waals surface area contributed by atoms with Crippen LogP contribution in [0.2, 0.25) is 5.28 Å². The molecule has 1 heterocycles. The molecule has 1 N–H and O–H groups in total. The lowest BCUT2D eigenvalue weighted by Crippen LogP contribution is -2.16. The number of hydrogen-bond acceptors (Lipinski definition) is 5. The molecule has 8 heteroatoms. The molecule has 1 aromatic carbocycles. The molecule has 0 radical (unpaired) electrons. The summed E-state index contributed by atoms with van der Waals surface area (Å²) >= 11 is 5.61. The summed E-state index contributed by atoms with van der Waals surface area (Å²) in [6.45, 7) is 1.62. The van der Waals surface area contributed by atoms with Crippen LogP contribution in [0, 0.1) is 17.0 Å². The zero-order valence-electron chi connectivity index (χ0n) is 10.3. The number of nitrogens with one attached hydrogen (secondary N) is 1. The van der Waals surface area contributed by atoms with E-state index < -0.39 is 10.8 Å². The van der Waals surface area contributed by atoms with Crippen molar-refractivity contribution < 1.29 is 9.72 Å². The van der Waals surface area contributed by atoms with E-state index in [2.05, 4.69) is 15.3 Å². The highest BCUT2D eigenvalue weighted by molar-refractivity contribution is 6.28. The van der Waals surface area contributed by atoms with Crippen molar-refractivity contribution >= 4 is 29.0 Å². The highest BCUT2D eigenvalue weighted by Crippen LogP contribution is 2.22. The summed E-state index contributed by atoms with van der Waals surface area (Å²) < 4.78 is 0. The first kappa shape index (κ1) is 13.9. The van der Waals surface area contributed by atoms with Crippen molar-refractivity contribution in [1.29, 1.82) is 0 Å². The van der Waals surface area contributed by atoms with E-state index in [1.165, 1.54) is 24.4 Å². The van der Waals surface area contributed by atoms with Gasteiger partial charge in [0.15, 0.2) is 0 Å². The Kier molecular flexibility index (Phi) is 3.90. The van der Waals surface area contributed by atoms with Crippen molar-refractivity contribution in [1.82, 2.24) is 9.97 Å². The van der Waals surface area contributed by atoms with Gasteiger partial charge in [-0.3, -0.25) is 14.9 Å². The minimum atomic E-state index is -0.621. The van der Waals surface area contributed by atoms with Gasteiger partial charge in [0.05, 0.1) is 4.92 Å². The number of rotatable bonds is 3. The molecular weight excluding hydrogens is 284 g/mol. The highest BCUT2D eigenvalue weighted by Gasteiger charge is 2.22. The molecule has 2 rings (SSSR count). The molecule has 0 saturated carbocycles. The van der Waals surface area contributed by atoms with Crippen molar-refractivity contribution in [3.63, 3.8) is 0 Å². The molecule has 0 aliphatic heterocycles. The van der Waals surface area contributed by atoms with Gasteiger partial charge in [-0.05, 0) is 30.2 Å². The molecule has 0 unspecified atom stereocenters. The molecule has 1 amide bonds. The number of aryl methyl sites for hydroxylation is 1. The standard InChI is InChI=1S/C12H9ClN4O3/c1-7-3-2-4-8(17(19)20)10(7)11(18)15-9-5-6-14-12(13)16-9/h2-6H,1H3,(H,14,15,16,18). The number of aromatic nitrogens is 2. The molecule has 1 aromatic heterocycles. The van der Waals surface area contributed by atoms with Gasteiger partial charge in [-0.2, -0.15) is 0 Å². The van der Waals surface area contributed by atoms with Crippen molar-refractivity contribution in [2.75, 3.05) is 5.32 Å². The maximum absolute atomic E-state index is 12.2. The van der Waals surface area contributed by atoms with Gasteiger partial charge in [0.1, 0.15) is 11.4 Å². The predicted molar refractivity (Wildman–Crippen MR) is 72.8 cm³/mol. The van der Waals surface area contributed by atoms with Gasteiger partial charge >= 0.3 is 0 Å². The summed E-state index contributed by atoms with van der Waals surface area (Å²) in [5.74, 6) is -0.447. The summed E-state index contributed by atoms with van der Waals surface area (Å²) in [7, 11) is 0. The summed E-state index contributed by atoms with van der Waals surface area (Å²) in [6.07, 6.45) is 1.37. The molecule has 0 spiro atoms. The van der Waals surface area contributed by atoms with Crippen LogP contribution in [0.4, 0.5) is 11.5 Å². The Labute approximate surface area is 118 Å². The first-order valence-electron chi connectivity index (χ1n) is 5.53. The van der Waals surface area contributed by atoms with E-state index in [1.54, 1.807) is 13.0 Å². The minimum absolute atomic E-state index is 0.00719. The molecule has 20 heavy (non-hydrogen) atoms. The topological polar surface area (TPSA) is 98.0 Å². The number of hydrogen-bond donors (Lipinski definition) is 1. The van der Waals surface area contributed by atoms with Crippen LogP contribution >= 0.6 is 11.6 Å². The van der Waals surface area contributed by atoms with E-state index in [4.69, 9.17) is 11.6 Å². The van der Waals surface area contributed by atoms with Gasteiger partial charge in [-0.25, -0.2) is 9.97 Å². The Balaban J connectivity index is 2.37. The Morgan fingerprint density at radius 2 is 2.15 bits per heavy atom. The fourth-order valence-corrected chi connectivity index (χ4v) is 1.83. The quantitative estimate of drug-likeness (QED) is 0.532. The van der Waals surface area contributed by atoms with Crippen LogP contribution in [0.5, 0.6) is 0 Å². The van der Waals surface area contributed by atoms with Crippen LogP contribution in [0.15, 0.2) is 30.5 Å². The average Bonchev–Trinajstić information content (AvgIpc) is 2.38. The number of halogens is 1. The van der Waals surface area contributed by atoms with Gasteiger partial charge in [0.2, 0.25) is 5.28 Å².